The molecule has 0 aromatic carbocycles. The van der Waals surface area contributed by atoms with Crippen LogP contribution < -0.4 is 0 Å². The molecular weight excluding hydrogens is 156 g/mol. The molecule has 2 saturated carbocycles. The second-order valence-corrected chi connectivity index (χ2v) is 5.59. The van der Waals surface area contributed by atoms with Crippen molar-refractivity contribution < 1.29 is 0 Å². The molecule has 0 bridgehead atoms. The zero-order chi connectivity index (χ0) is 9.47. The summed E-state index contributed by atoms with van der Waals surface area (Å²) in [5, 5.41) is 0. The summed E-state index contributed by atoms with van der Waals surface area (Å²) in [5.41, 5.74) is 0.858. The Hall–Kier alpha value is 0. The fraction of sp³-hybridized carbons (Fsp3) is 1.00. The summed E-state index contributed by atoms with van der Waals surface area (Å²) in [7, 11) is 0. The van der Waals surface area contributed by atoms with Crippen molar-refractivity contribution in [2.45, 2.75) is 59.3 Å². The first-order valence-electron chi connectivity index (χ1n) is 6.20. The number of hydrogen-bond acceptors (Lipinski definition) is 0. The van der Waals surface area contributed by atoms with Crippen LogP contribution in [0.5, 0.6) is 0 Å². The summed E-state index contributed by atoms with van der Waals surface area (Å²) < 4.78 is 0. The number of unbranched alkanes of at least 4 members (excludes halogenated alkanes) is 2. The van der Waals surface area contributed by atoms with Crippen molar-refractivity contribution >= 4 is 0 Å². The predicted molar refractivity (Wildman–Crippen MR) is 57.6 cm³/mol. The van der Waals surface area contributed by atoms with Crippen LogP contribution in [0, 0.1) is 23.2 Å². The largest absolute Gasteiger partial charge is 0.0654 e. The molecule has 0 aliphatic heterocycles. The summed E-state index contributed by atoms with van der Waals surface area (Å²) >= 11 is 0. The van der Waals surface area contributed by atoms with E-state index >= 15 is 0 Å². The third kappa shape index (κ3) is 1.43. The Morgan fingerprint density at radius 1 is 1.15 bits per heavy atom. The molecule has 4 unspecified atom stereocenters. The highest BCUT2D eigenvalue weighted by Crippen LogP contribution is 2.71. The third-order valence-corrected chi connectivity index (χ3v) is 4.94. The van der Waals surface area contributed by atoms with Crippen LogP contribution in [-0.2, 0) is 0 Å². The Morgan fingerprint density at radius 3 is 2.31 bits per heavy atom. The highest BCUT2D eigenvalue weighted by atomic mass is 14.7. The topological polar surface area (TPSA) is 0 Å². The molecule has 2 aliphatic rings. The lowest BCUT2D eigenvalue weighted by Crippen LogP contribution is -2.37. The molecule has 2 fully saturated rings. The maximum atomic E-state index is 2.50. The van der Waals surface area contributed by atoms with Crippen LogP contribution in [0.15, 0.2) is 0 Å². The Morgan fingerprint density at radius 2 is 1.85 bits per heavy atom. The lowest BCUT2D eigenvalue weighted by Gasteiger charge is -2.45. The van der Waals surface area contributed by atoms with Gasteiger partial charge in [-0.1, -0.05) is 46.5 Å². The molecule has 0 aromatic heterocycles. The van der Waals surface area contributed by atoms with Crippen molar-refractivity contribution in [3.63, 3.8) is 0 Å². The molecule has 2 aliphatic carbocycles. The average molecular weight is 180 g/mol. The molecule has 13 heavy (non-hydrogen) atoms. The Bertz CT molecular complexity index is 184. The second kappa shape index (κ2) is 3.29. The first kappa shape index (κ1) is 9.55. The lowest BCUT2D eigenvalue weighted by atomic mass is 9.60. The normalized spacial score (nSPS) is 47.8. The van der Waals surface area contributed by atoms with Crippen LogP contribution >= 0.6 is 0 Å². The van der Waals surface area contributed by atoms with Crippen LogP contribution in [0.4, 0.5) is 0 Å². The van der Waals surface area contributed by atoms with Crippen molar-refractivity contribution in [3.8, 4) is 0 Å². The van der Waals surface area contributed by atoms with Crippen molar-refractivity contribution in [1.29, 1.82) is 0 Å². The summed E-state index contributed by atoms with van der Waals surface area (Å²) in [4.78, 5) is 0. The van der Waals surface area contributed by atoms with Gasteiger partial charge >= 0.3 is 0 Å². The zero-order valence-electron chi connectivity index (χ0n) is 9.47. The van der Waals surface area contributed by atoms with Gasteiger partial charge in [0.25, 0.3) is 0 Å². The van der Waals surface area contributed by atoms with Gasteiger partial charge in [0.1, 0.15) is 0 Å². The molecule has 0 heterocycles. The fourth-order valence-corrected chi connectivity index (χ4v) is 3.60. The fourth-order valence-electron chi connectivity index (χ4n) is 3.60. The van der Waals surface area contributed by atoms with Crippen LogP contribution in [0.25, 0.3) is 0 Å². The van der Waals surface area contributed by atoms with E-state index in [1.807, 2.05) is 0 Å². The van der Waals surface area contributed by atoms with Crippen molar-refractivity contribution in [1.82, 2.24) is 0 Å². The maximum Gasteiger partial charge on any atom is -0.0238 e. The van der Waals surface area contributed by atoms with Crippen molar-refractivity contribution in [2.75, 3.05) is 0 Å². The minimum atomic E-state index is 0.858. The molecule has 0 saturated heterocycles. The van der Waals surface area contributed by atoms with Crippen LogP contribution in [0.1, 0.15) is 59.3 Å². The molecule has 4 atom stereocenters. The van der Waals surface area contributed by atoms with E-state index in [4.69, 9.17) is 0 Å². The van der Waals surface area contributed by atoms with Gasteiger partial charge in [0.2, 0.25) is 0 Å². The first-order valence-corrected chi connectivity index (χ1v) is 6.20. The minimum absolute atomic E-state index is 0.858. The standard InChI is InChI=1S/C13H24/c1-4-5-6-7-12-9-13(11(12)3)8-10(13)2/h10-12H,4-9H2,1-3H3. The Labute approximate surface area is 83.1 Å². The monoisotopic (exact) mass is 180 g/mol. The van der Waals surface area contributed by atoms with E-state index in [-0.39, 0.29) is 0 Å². The van der Waals surface area contributed by atoms with Crippen LogP contribution in [0.3, 0.4) is 0 Å². The number of rotatable bonds is 4. The zero-order valence-corrected chi connectivity index (χ0v) is 9.47. The average Bonchev–Trinajstić information content (AvgIpc) is 2.79. The molecule has 0 amide bonds. The SMILES string of the molecule is CCCCCC1CC2(CC2C)C1C. The highest BCUT2D eigenvalue weighted by molar-refractivity contribution is 5.12. The molecule has 0 nitrogen and oxygen atoms in total. The molecule has 2 rings (SSSR count). The quantitative estimate of drug-likeness (QED) is 0.567. The number of hydrogen-bond donors (Lipinski definition) is 0. The van der Waals surface area contributed by atoms with Gasteiger partial charge in [-0.05, 0) is 36.0 Å². The molecule has 0 radical (unpaired) electrons. The van der Waals surface area contributed by atoms with Crippen molar-refractivity contribution in [3.05, 3.63) is 0 Å². The van der Waals surface area contributed by atoms with E-state index < -0.39 is 0 Å². The summed E-state index contributed by atoms with van der Waals surface area (Å²) in [6, 6.07) is 0. The minimum Gasteiger partial charge on any atom is -0.0654 e. The Balaban J connectivity index is 1.69. The van der Waals surface area contributed by atoms with Gasteiger partial charge in [0.15, 0.2) is 0 Å². The van der Waals surface area contributed by atoms with Gasteiger partial charge < -0.3 is 0 Å². The smallest absolute Gasteiger partial charge is 0.0238 e. The molecule has 76 valence electrons. The van der Waals surface area contributed by atoms with E-state index in [1.165, 1.54) is 25.7 Å². The van der Waals surface area contributed by atoms with Crippen LogP contribution in [-0.4, -0.2) is 0 Å². The van der Waals surface area contributed by atoms with E-state index in [0.29, 0.717) is 0 Å². The van der Waals surface area contributed by atoms with Crippen molar-refractivity contribution in [2.24, 2.45) is 23.2 Å². The van der Waals surface area contributed by atoms with Crippen LogP contribution in [0.2, 0.25) is 0 Å². The maximum absolute atomic E-state index is 2.50. The molecular formula is C13H24. The summed E-state index contributed by atoms with van der Waals surface area (Å²) in [5.74, 6) is 3.21. The Kier molecular flexibility index (Phi) is 2.42. The summed E-state index contributed by atoms with van der Waals surface area (Å²) in [6.45, 7) is 7.25. The predicted octanol–water partition coefficient (Wildman–Crippen LogP) is 4.25. The molecule has 1 spiro atoms. The van der Waals surface area contributed by atoms with E-state index in [2.05, 4.69) is 20.8 Å². The molecule has 0 aromatic rings. The molecule has 0 N–H and O–H groups in total. The van der Waals surface area contributed by atoms with E-state index in [0.717, 1.165) is 23.2 Å². The van der Waals surface area contributed by atoms with Gasteiger partial charge in [0.05, 0.1) is 0 Å². The van der Waals surface area contributed by atoms with Gasteiger partial charge in [0, 0.05) is 0 Å². The summed E-state index contributed by atoms with van der Waals surface area (Å²) in [6.07, 6.45) is 8.94. The van der Waals surface area contributed by atoms with Gasteiger partial charge in [-0.15, -0.1) is 0 Å². The lowest BCUT2D eigenvalue weighted by molar-refractivity contribution is 0.0423. The van der Waals surface area contributed by atoms with E-state index in [9.17, 15) is 0 Å². The highest BCUT2D eigenvalue weighted by Gasteiger charge is 2.63. The molecule has 0 heteroatoms. The van der Waals surface area contributed by atoms with E-state index in [1.54, 1.807) is 12.8 Å². The second-order valence-electron chi connectivity index (χ2n) is 5.59. The van der Waals surface area contributed by atoms with Gasteiger partial charge in [-0.25, -0.2) is 0 Å². The third-order valence-electron chi connectivity index (χ3n) is 4.94. The first-order chi connectivity index (χ1) is 6.20. The van der Waals surface area contributed by atoms with Gasteiger partial charge in [-0.2, -0.15) is 0 Å². The van der Waals surface area contributed by atoms with Gasteiger partial charge in [-0.3, -0.25) is 0 Å².